The number of amides is 1. The first kappa shape index (κ1) is 17.2. The first-order valence-electron chi connectivity index (χ1n) is 8.78. The lowest BCUT2D eigenvalue weighted by atomic mass is 9.86. The number of fused-ring (bicyclic) bond motifs is 2. The minimum Gasteiger partial charge on any atom is -0.335 e. The molecular formula is C18H22N4O3S. The van der Waals surface area contributed by atoms with Crippen LogP contribution in [0.4, 0.5) is 5.69 Å². The van der Waals surface area contributed by atoms with Crippen LogP contribution in [-0.2, 0) is 39.7 Å². The Kier molecular flexibility index (Phi) is 3.92. The van der Waals surface area contributed by atoms with Gasteiger partial charge >= 0.3 is 0 Å². The van der Waals surface area contributed by atoms with E-state index in [0.29, 0.717) is 11.3 Å². The highest BCUT2D eigenvalue weighted by molar-refractivity contribution is 7.89. The van der Waals surface area contributed by atoms with Crippen LogP contribution in [0.2, 0.25) is 0 Å². The minimum atomic E-state index is -3.69. The van der Waals surface area contributed by atoms with Gasteiger partial charge in [-0.25, -0.2) is 18.1 Å². The van der Waals surface area contributed by atoms with E-state index < -0.39 is 15.4 Å². The molecule has 1 aromatic carbocycles. The van der Waals surface area contributed by atoms with Crippen molar-refractivity contribution in [2.75, 3.05) is 5.32 Å². The highest BCUT2D eigenvalue weighted by Gasteiger charge is 2.39. The molecule has 0 unspecified atom stereocenters. The quantitative estimate of drug-likeness (QED) is 0.855. The molecule has 0 saturated carbocycles. The van der Waals surface area contributed by atoms with Crippen LogP contribution >= 0.6 is 0 Å². The van der Waals surface area contributed by atoms with Crippen molar-refractivity contribution in [3.63, 3.8) is 0 Å². The zero-order valence-electron chi connectivity index (χ0n) is 14.9. The number of hydrogen-bond acceptors (Lipinski definition) is 4. The number of aromatic nitrogens is 2. The standard InChI is InChI=1S/C18H22N4O3S/c1-18(2)14-9-13(6-7-15(14)21-17(18)23)26(24,25)19-10-12-11-22-8-4-3-5-16(22)20-12/h6-7,9,11,19H,3-5,8,10H2,1-2H3,(H,21,23). The lowest BCUT2D eigenvalue weighted by molar-refractivity contribution is -0.119. The fourth-order valence-electron chi connectivity index (χ4n) is 3.53. The molecule has 3 heterocycles. The number of benzene rings is 1. The molecule has 0 saturated heterocycles. The summed E-state index contributed by atoms with van der Waals surface area (Å²) in [5.41, 5.74) is 1.34. The van der Waals surface area contributed by atoms with Crippen LogP contribution in [0.1, 0.15) is 43.8 Å². The van der Waals surface area contributed by atoms with Crippen molar-refractivity contribution >= 4 is 21.6 Å². The first-order valence-corrected chi connectivity index (χ1v) is 10.3. The number of sulfonamides is 1. The summed E-state index contributed by atoms with van der Waals surface area (Å²) >= 11 is 0. The maximum Gasteiger partial charge on any atom is 0.240 e. The van der Waals surface area contributed by atoms with Crippen LogP contribution in [0.15, 0.2) is 29.3 Å². The zero-order chi connectivity index (χ0) is 18.5. The van der Waals surface area contributed by atoms with Gasteiger partial charge in [0.1, 0.15) is 5.82 Å². The van der Waals surface area contributed by atoms with Gasteiger partial charge in [0, 0.05) is 24.8 Å². The first-order chi connectivity index (χ1) is 12.3. The molecule has 1 aromatic heterocycles. The Morgan fingerprint density at radius 1 is 1.31 bits per heavy atom. The summed E-state index contributed by atoms with van der Waals surface area (Å²) in [5, 5.41) is 2.79. The van der Waals surface area contributed by atoms with Gasteiger partial charge in [0.15, 0.2) is 0 Å². The highest BCUT2D eigenvalue weighted by Crippen LogP contribution is 2.38. The van der Waals surface area contributed by atoms with Crippen molar-refractivity contribution in [1.82, 2.24) is 14.3 Å². The maximum atomic E-state index is 12.7. The number of hydrogen-bond donors (Lipinski definition) is 2. The second-order valence-corrected chi connectivity index (χ2v) is 9.18. The summed E-state index contributed by atoms with van der Waals surface area (Å²) in [4.78, 5) is 16.7. The second kappa shape index (κ2) is 5.92. The Morgan fingerprint density at radius 2 is 2.12 bits per heavy atom. The van der Waals surface area contributed by atoms with Gasteiger partial charge in [-0.15, -0.1) is 0 Å². The van der Waals surface area contributed by atoms with Gasteiger partial charge in [-0.05, 0) is 50.5 Å². The predicted molar refractivity (Wildman–Crippen MR) is 97.3 cm³/mol. The molecule has 2 N–H and O–H groups in total. The number of aryl methyl sites for hydroxylation is 2. The van der Waals surface area contributed by atoms with Crippen LogP contribution in [0.5, 0.6) is 0 Å². The summed E-state index contributed by atoms with van der Waals surface area (Å²) < 4.78 is 30.1. The average Bonchev–Trinajstić information content (AvgIpc) is 3.12. The topological polar surface area (TPSA) is 93.1 Å². The Morgan fingerprint density at radius 3 is 2.88 bits per heavy atom. The zero-order valence-corrected chi connectivity index (χ0v) is 15.7. The number of imidazole rings is 1. The summed E-state index contributed by atoms with van der Waals surface area (Å²) in [6.45, 7) is 4.66. The molecule has 0 spiro atoms. The maximum absolute atomic E-state index is 12.7. The van der Waals surface area contributed by atoms with Crippen LogP contribution < -0.4 is 10.0 Å². The van der Waals surface area contributed by atoms with E-state index >= 15 is 0 Å². The molecule has 0 aliphatic carbocycles. The van der Waals surface area contributed by atoms with E-state index in [4.69, 9.17) is 0 Å². The van der Waals surface area contributed by atoms with E-state index in [1.165, 1.54) is 6.07 Å². The van der Waals surface area contributed by atoms with Crippen molar-refractivity contribution in [1.29, 1.82) is 0 Å². The van der Waals surface area contributed by atoms with Gasteiger partial charge in [0.05, 0.1) is 22.5 Å². The summed E-state index contributed by atoms with van der Waals surface area (Å²) in [6, 6.07) is 4.74. The molecule has 0 radical (unpaired) electrons. The van der Waals surface area contributed by atoms with E-state index in [0.717, 1.165) is 37.3 Å². The van der Waals surface area contributed by atoms with E-state index in [9.17, 15) is 13.2 Å². The van der Waals surface area contributed by atoms with Crippen LogP contribution in [0, 0.1) is 0 Å². The lowest BCUT2D eigenvalue weighted by Crippen LogP contribution is -2.27. The number of anilines is 1. The predicted octanol–water partition coefficient (Wildman–Crippen LogP) is 1.93. The molecule has 0 atom stereocenters. The molecule has 2 aliphatic heterocycles. The van der Waals surface area contributed by atoms with E-state index in [1.54, 1.807) is 26.0 Å². The normalized spacial score (nSPS) is 18.3. The van der Waals surface area contributed by atoms with E-state index in [2.05, 4.69) is 19.6 Å². The van der Waals surface area contributed by atoms with Gasteiger partial charge in [-0.2, -0.15) is 0 Å². The molecule has 1 amide bonds. The largest absolute Gasteiger partial charge is 0.335 e. The van der Waals surface area contributed by atoms with Gasteiger partial charge in [-0.1, -0.05) is 0 Å². The molecule has 0 fully saturated rings. The van der Waals surface area contributed by atoms with Crippen molar-refractivity contribution in [2.45, 2.75) is 56.5 Å². The van der Waals surface area contributed by atoms with Crippen molar-refractivity contribution in [3.8, 4) is 0 Å². The molecule has 138 valence electrons. The molecule has 2 aliphatic rings. The van der Waals surface area contributed by atoms with E-state index in [-0.39, 0.29) is 17.3 Å². The number of carbonyl (C=O) groups excluding carboxylic acids is 1. The third-order valence-corrected chi connectivity index (χ3v) is 6.59. The molecule has 0 bridgehead atoms. The van der Waals surface area contributed by atoms with Crippen molar-refractivity contribution in [3.05, 3.63) is 41.5 Å². The molecule has 7 nitrogen and oxygen atoms in total. The fourth-order valence-corrected chi connectivity index (χ4v) is 4.55. The SMILES string of the molecule is CC1(C)C(=O)Nc2ccc(S(=O)(=O)NCc3cn4c(n3)CCCC4)cc21. The van der Waals surface area contributed by atoms with Crippen LogP contribution in [0.25, 0.3) is 0 Å². The summed E-state index contributed by atoms with van der Waals surface area (Å²) in [5.74, 6) is 0.896. The Bertz CT molecular complexity index is 968. The molecular weight excluding hydrogens is 352 g/mol. The molecule has 26 heavy (non-hydrogen) atoms. The monoisotopic (exact) mass is 374 g/mol. The summed E-state index contributed by atoms with van der Waals surface area (Å²) in [6.07, 6.45) is 5.12. The van der Waals surface area contributed by atoms with E-state index in [1.807, 2.05) is 6.20 Å². The van der Waals surface area contributed by atoms with Gasteiger partial charge in [-0.3, -0.25) is 4.79 Å². The van der Waals surface area contributed by atoms with Gasteiger partial charge in [0.2, 0.25) is 15.9 Å². The number of nitrogens with zero attached hydrogens (tertiary/aromatic N) is 2. The van der Waals surface area contributed by atoms with Crippen LogP contribution in [0.3, 0.4) is 0 Å². The minimum absolute atomic E-state index is 0.126. The molecule has 2 aromatic rings. The molecule has 8 heteroatoms. The van der Waals surface area contributed by atoms with Gasteiger partial charge < -0.3 is 9.88 Å². The second-order valence-electron chi connectivity index (χ2n) is 7.41. The summed E-state index contributed by atoms with van der Waals surface area (Å²) in [7, 11) is -3.69. The fraction of sp³-hybridized carbons (Fsp3) is 0.444. The Balaban J connectivity index is 1.55. The smallest absolute Gasteiger partial charge is 0.240 e. The number of rotatable bonds is 4. The molecule has 4 rings (SSSR count). The van der Waals surface area contributed by atoms with Gasteiger partial charge in [0.25, 0.3) is 0 Å². The van der Waals surface area contributed by atoms with Crippen molar-refractivity contribution in [2.24, 2.45) is 0 Å². The average molecular weight is 374 g/mol. The third-order valence-electron chi connectivity index (χ3n) is 5.19. The Hall–Kier alpha value is -2.19. The number of nitrogens with one attached hydrogen (secondary N) is 2. The lowest BCUT2D eigenvalue weighted by Gasteiger charge is -2.16. The number of carbonyl (C=O) groups is 1. The third kappa shape index (κ3) is 2.83. The van der Waals surface area contributed by atoms with Crippen molar-refractivity contribution < 1.29 is 13.2 Å². The van der Waals surface area contributed by atoms with Crippen LogP contribution in [-0.4, -0.2) is 23.9 Å². The highest BCUT2D eigenvalue weighted by atomic mass is 32.2. The Labute approximate surface area is 152 Å².